The lowest BCUT2D eigenvalue weighted by Gasteiger charge is -2.23. The summed E-state index contributed by atoms with van der Waals surface area (Å²) in [5.74, 6) is -0.579. The fraction of sp³-hybridized carbons (Fsp3) is 0.278. The molecule has 0 bridgehead atoms. The van der Waals surface area contributed by atoms with Gasteiger partial charge in [0.2, 0.25) is 5.91 Å². The van der Waals surface area contributed by atoms with Gasteiger partial charge in [0.25, 0.3) is 0 Å². The van der Waals surface area contributed by atoms with E-state index in [4.69, 9.17) is 0 Å². The van der Waals surface area contributed by atoms with E-state index in [1.807, 2.05) is 24.3 Å². The highest BCUT2D eigenvalue weighted by atomic mass is 16.3. The van der Waals surface area contributed by atoms with Crippen LogP contribution in [-0.4, -0.2) is 16.1 Å². The third-order valence-corrected chi connectivity index (χ3v) is 3.41. The molecular formula is C18H21NO3. The molecule has 0 fully saturated rings. The largest absolute Gasteiger partial charge is 0.504 e. The van der Waals surface area contributed by atoms with Gasteiger partial charge in [0, 0.05) is 5.69 Å². The third kappa shape index (κ3) is 3.79. The molecule has 3 N–H and O–H groups in total. The molecule has 0 aliphatic carbocycles. The number of hydrogen-bond acceptors (Lipinski definition) is 3. The van der Waals surface area contributed by atoms with E-state index in [9.17, 15) is 15.0 Å². The van der Waals surface area contributed by atoms with Gasteiger partial charge in [-0.3, -0.25) is 4.79 Å². The maximum atomic E-state index is 12.2. The summed E-state index contributed by atoms with van der Waals surface area (Å²) in [7, 11) is 0. The van der Waals surface area contributed by atoms with Crippen LogP contribution in [0, 0.1) is 0 Å². The lowest BCUT2D eigenvalue weighted by atomic mass is 9.86. The Morgan fingerprint density at radius 2 is 1.73 bits per heavy atom. The average molecular weight is 299 g/mol. The number of benzene rings is 2. The summed E-state index contributed by atoms with van der Waals surface area (Å²) < 4.78 is 0. The van der Waals surface area contributed by atoms with E-state index >= 15 is 0 Å². The highest BCUT2D eigenvalue weighted by Gasteiger charge is 2.18. The Kier molecular flexibility index (Phi) is 4.40. The van der Waals surface area contributed by atoms with E-state index in [1.165, 1.54) is 12.1 Å². The minimum absolute atomic E-state index is 0.0688. The van der Waals surface area contributed by atoms with Gasteiger partial charge in [0.05, 0.1) is 6.42 Å². The van der Waals surface area contributed by atoms with Gasteiger partial charge >= 0.3 is 0 Å². The fourth-order valence-corrected chi connectivity index (χ4v) is 2.30. The Morgan fingerprint density at radius 1 is 1.05 bits per heavy atom. The molecule has 0 heterocycles. The molecule has 116 valence electrons. The quantitative estimate of drug-likeness (QED) is 0.759. The van der Waals surface area contributed by atoms with Crippen molar-refractivity contribution in [3.05, 3.63) is 53.6 Å². The lowest BCUT2D eigenvalue weighted by molar-refractivity contribution is -0.115. The van der Waals surface area contributed by atoms with Crippen molar-refractivity contribution in [1.82, 2.24) is 0 Å². The van der Waals surface area contributed by atoms with Crippen LogP contribution in [0.5, 0.6) is 11.5 Å². The first-order chi connectivity index (χ1) is 10.3. The normalized spacial score (nSPS) is 11.2. The van der Waals surface area contributed by atoms with Crippen LogP contribution in [0.2, 0.25) is 0 Å². The Morgan fingerprint density at radius 3 is 2.36 bits per heavy atom. The monoisotopic (exact) mass is 299 g/mol. The number of phenols is 2. The number of nitrogens with one attached hydrogen (secondary N) is 1. The summed E-state index contributed by atoms with van der Waals surface area (Å²) in [5.41, 5.74) is 2.43. The molecule has 2 rings (SSSR count). The van der Waals surface area contributed by atoms with Gasteiger partial charge in [-0.1, -0.05) is 45.0 Å². The fourth-order valence-electron chi connectivity index (χ4n) is 2.30. The van der Waals surface area contributed by atoms with Crippen LogP contribution in [0.3, 0.4) is 0 Å². The molecule has 0 saturated heterocycles. The number of carbonyl (C=O) groups is 1. The Labute approximate surface area is 130 Å². The second kappa shape index (κ2) is 6.10. The van der Waals surface area contributed by atoms with Crippen LogP contribution >= 0.6 is 0 Å². The number of phenolic OH excluding ortho intramolecular Hbond substituents is 2. The first-order valence-corrected chi connectivity index (χ1v) is 7.17. The highest BCUT2D eigenvalue weighted by molar-refractivity contribution is 5.93. The number of rotatable bonds is 3. The van der Waals surface area contributed by atoms with Crippen molar-refractivity contribution in [2.24, 2.45) is 0 Å². The molecule has 0 spiro atoms. The summed E-state index contributed by atoms with van der Waals surface area (Å²) in [6.45, 7) is 6.28. The van der Waals surface area contributed by atoms with Crippen molar-refractivity contribution in [2.75, 3.05) is 5.32 Å². The summed E-state index contributed by atoms with van der Waals surface area (Å²) in [6, 6.07) is 12.1. The summed E-state index contributed by atoms with van der Waals surface area (Å²) in [4.78, 5) is 12.2. The summed E-state index contributed by atoms with van der Waals surface area (Å²) >= 11 is 0. The van der Waals surface area contributed by atoms with Crippen LogP contribution in [-0.2, 0) is 16.6 Å². The van der Waals surface area contributed by atoms with E-state index < -0.39 is 0 Å². The first kappa shape index (κ1) is 15.9. The predicted molar refractivity (Wildman–Crippen MR) is 87.2 cm³/mol. The minimum Gasteiger partial charge on any atom is -0.504 e. The Balaban J connectivity index is 2.14. The second-order valence-electron chi connectivity index (χ2n) is 6.34. The third-order valence-electron chi connectivity index (χ3n) is 3.41. The topological polar surface area (TPSA) is 69.6 Å². The molecule has 2 aromatic rings. The van der Waals surface area contributed by atoms with Crippen molar-refractivity contribution in [3.63, 3.8) is 0 Å². The number of para-hydroxylation sites is 1. The number of amides is 1. The van der Waals surface area contributed by atoms with Crippen molar-refractivity contribution in [1.29, 1.82) is 0 Å². The van der Waals surface area contributed by atoms with Crippen molar-refractivity contribution in [3.8, 4) is 11.5 Å². The molecule has 2 aromatic carbocycles. The lowest BCUT2D eigenvalue weighted by Crippen LogP contribution is -2.19. The Hall–Kier alpha value is -2.49. The van der Waals surface area contributed by atoms with Crippen LogP contribution in [0.25, 0.3) is 0 Å². The summed E-state index contributed by atoms with van der Waals surface area (Å²) in [6.07, 6.45) is 0.131. The Bertz CT molecular complexity index is 687. The SMILES string of the molecule is CC(C)(C)c1ccccc1NC(=O)Cc1ccc(O)c(O)c1. The van der Waals surface area contributed by atoms with Gasteiger partial charge in [-0.05, 0) is 34.7 Å². The van der Waals surface area contributed by atoms with Gasteiger partial charge in [-0.25, -0.2) is 0 Å². The molecule has 0 unspecified atom stereocenters. The maximum absolute atomic E-state index is 12.2. The maximum Gasteiger partial charge on any atom is 0.228 e. The smallest absolute Gasteiger partial charge is 0.228 e. The van der Waals surface area contributed by atoms with E-state index in [-0.39, 0.29) is 29.2 Å². The van der Waals surface area contributed by atoms with E-state index in [1.54, 1.807) is 6.07 Å². The van der Waals surface area contributed by atoms with E-state index in [0.29, 0.717) is 5.56 Å². The highest BCUT2D eigenvalue weighted by Crippen LogP contribution is 2.29. The zero-order chi connectivity index (χ0) is 16.3. The molecular weight excluding hydrogens is 278 g/mol. The van der Waals surface area contributed by atoms with Gasteiger partial charge in [-0.2, -0.15) is 0 Å². The van der Waals surface area contributed by atoms with Crippen LogP contribution in [0.1, 0.15) is 31.9 Å². The molecule has 0 aromatic heterocycles. The molecule has 0 atom stereocenters. The van der Waals surface area contributed by atoms with Crippen molar-refractivity contribution >= 4 is 11.6 Å². The standard InChI is InChI=1S/C18H21NO3/c1-18(2,3)13-6-4-5-7-14(13)19-17(22)11-12-8-9-15(20)16(21)10-12/h4-10,20-21H,11H2,1-3H3,(H,19,22). The number of anilines is 1. The van der Waals surface area contributed by atoms with Crippen LogP contribution < -0.4 is 5.32 Å². The molecule has 4 nitrogen and oxygen atoms in total. The molecule has 0 radical (unpaired) electrons. The zero-order valence-corrected chi connectivity index (χ0v) is 13.1. The van der Waals surface area contributed by atoms with E-state index in [0.717, 1.165) is 11.3 Å². The van der Waals surface area contributed by atoms with Gasteiger partial charge in [0.1, 0.15) is 0 Å². The molecule has 0 saturated carbocycles. The van der Waals surface area contributed by atoms with Gasteiger partial charge in [-0.15, -0.1) is 0 Å². The molecule has 1 amide bonds. The number of carbonyl (C=O) groups excluding carboxylic acids is 1. The molecule has 0 aliphatic rings. The molecule has 0 aliphatic heterocycles. The molecule has 22 heavy (non-hydrogen) atoms. The second-order valence-corrected chi connectivity index (χ2v) is 6.34. The number of aromatic hydroxyl groups is 2. The zero-order valence-electron chi connectivity index (χ0n) is 13.1. The predicted octanol–water partition coefficient (Wildman–Crippen LogP) is 3.58. The number of hydrogen-bond donors (Lipinski definition) is 3. The first-order valence-electron chi connectivity index (χ1n) is 7.17. The van der Waals surface area contributed by atoms with Crippen LogP contribution in [0.15, 0.2) is 42.5 Å². The molecule has 4 heteroatoms. The van der Waals surface area contributed by atoms with Crippen molar-refractivity contribution < 1.29 is 15.0 Å². The van der Waals surface area contributed by atoms with E-state index in [2.05, 4.69) is 26.1 Å². The van der Waals surface area contributed by atoms with Crippen LogP contribution in [0.4, 0.5) is 5.69 Å². The van der Waals surface area contributed by atoms with Gasteiger partial charge < -0.3 is 15.5 Å². The van der Waals surface area contributed by atoms with Crippen molar-refractivity contribution in [2.45, 2.75) is 32.6 Å². The summed E-state index contributed by atoms with van der Waals surface area (Å²) in [5, 5.41) is 21.7. The average Bonchev–Trinajstić information content (AvgIpc) is 2.42. The van der Waals surface area contributed by atoms with Gasteiger partial charge in [0.15, 0.2) is 11.5 Å². The minimum atomic E-state index is -0.222.